The first-order valence-corrected chi connectivity index (χ1v) is 8.84. The van der Waals surface area contributed by atoms with E-state index in [1.807, 2.05) is 36.1 Å². The van der Waals surface area contributed by atoms with E-state index in [4.69, 9.17) is 5.41 Å². The fourth-order valence-corrected chi connectivity index (χ4v) is 3.84. The van der Waals surface area contributed by atoms with Crippen molar-refractivity contribution in [3.05, 3.63) is 35.4 Å². The number of carbonyl (C=O) groups excluding carboxylic acids is 1. The van der Waals surface area contributed by atoms with Crippen LogP contribution in [0.4, 0.5) is 0 Å². The first kappa shape index (κ1) is 16.2. The number of rotatable bonds is 3. The Bertz CT molecular complexity index is 570. The van der Waals surface area contributed by atoms with Crippen LogP contribution >= 0.6 is 0 Å². The number of aryl methyl sites for hydroxylation is 1. The third-order valence-electron chi connectivity index (χ3n) is 5.29. The second-order valence-electron chi connectivity index (χ2n) is 6.81. The highest BCUT2D eigenvalue weighted by Gasteiger charge is 2.29. The maximum Gasteiger partial charge on any atom is 0.272 e. The molecule has 4 nitrogen and oxygen atoms in total. The molecule has 124 valence electrons. The number of amides is 1. The van der Waals surface area contributed by atoms with Gasteiger partial charge in [-0.1, -0.05) is 30.7 Å². The summed E-state index contributed by atoms with van der Waals surface area (Å²) in [6, 6.07) is 8.30. The zero-order valence-corrected chi connectivity index (χ0v) is 14.1. The Hall–Kier alpha value is -1.68. The van der Waals surface area contributed by atoms with Crippen molar-refractivity contribution in [2.45, 2.75) is 45.1 Å². The lowest BCUT2D eigenvalue weighted by molar-refractivity contribution is -0.125. The summed E-state index contributed by atoms with van der Waals surface area (Å²) in [5.41, 5.74) is 1.89. The molecule has 2 aliphatic heterocycles. The van der Waals surface area contributed by atoms with E-state index in [9.17, 15) is 4.79 Å². The summed E-state index contributed by atoms with van der Waals surface area (Å²) < 4.78 is 0. The van der Waals surface area contributed by atoms with Crippen LogP contribution in [0.25, 0.3) is 0 Å². The van der Waals surface area contributed by atoms with Crippen LogP contribution in [0.3, 0.4) is 0 Å². The van der Waals surface area contributed by atoms with Gasteiger partial charge in [-0.2, -0.15) is 0 Å². The lowest BCUT2D eigenvalue weighted by Gasteiger charge is -2.40. The first-order valence-electron chi connectivity index (χ1n) is 8.84. The van der Waals surface area contributed by atoms with Crippen molar-refractivity contribution in [3.63, 3.8) is 0 Å². The molecule has 0 unspecified atom stereocenters. The Morgan fingerprint density at radius 3 is 2.35 bits per heavy atom. The highest BCUT2D eigenvalue weighted by atomic mass is 16.2. The summed E-state index contributed by atoms with van der Waals surface area (Å²) in [5.74, 6) is -0.114. The highest BCUT2D eigenvalue weighted by molar-refractivity contribution is 6.44. The lowest BCUT2D eigenvalue weighted by Crippen LogP contribution is -2.49. The number of piperidine rings is 2. The lowest BCUT2D eigenvalue weighted by atomic mass is 9.98. The van der Waals surface area contributed by atoms with E-state index in [2.05, 4.69) is 4.90 Å². The van der Waals surface area contributed by atoms with Crippen LogP contribution in [0, 0.1) is 12.3 Å². The second-order valence-corrected chi connectivity index (χ2v) is 6.81. The van der Waals surface area contributed by atoms with E-state index in [0.717, 1.165) is 37.1 Å². The smallest absolute Gasteiger partial charge is 0.272 e. The zero-order chi connectivity index (χ0) is 16.2. The Morgan fingerprint density at radius 1 is 1.04 bits per heavy atom. The van der Waals surface area contributed by atoms with Gasteiger partial charge in [0, 0.05) is 24.7 Å². The molecule has 0 aromatic heterocycles. The molecular weight excluding hydrogens is 286 g/mol. The fourth-order valence-electron chi connectivity index (χ4n) is 3.84. The van der Waals surface area contributed by atoms with E-state index < -0.39 is 0 Å². The van der Waals surface area contributed by atoms with Crippen molar-refractivity contribution in [1.82, 2.24) is 9.80 Å². The molecule has 4 heteroatoms. The van der Waals surface area contributed by atoms with E-state index in [1.54, 1.807) is 0 Å². The van der Waals surface area contributed by atoms with Gasteiger partial charge in [0.1, 0.15) is 5.71 Å². The van der Waals surface area contributed by atoms with Crippen molar-refractivity contribution < 1.29 is 4.79 Å². The number of nitrogens with zero attached hydrogens (tertiary/aromatic N) is 2. The van der Waals surface area contributed by atoms with Gasteiger partial charge in [0.2, 0.25) is 0 Å². The molecular formula is C19H27N3O. The molecule has 1 amide bonds. The average molecular weight is 313 g/mol. The van der Waals surface area contributed by atoms with Gasteiger partial charge in [0.25, 0.3) is 5.91 Å². The number of carbonyl (C=O) groups is 1. The second kappa shape index (κ2) is 7.26. The molecule has 1 N–H and O–H groups in total. The average Bonchev–Trinajstić information content (AvgIpc) is 2.62. The molecule has 23 heavy (non-hydrogen) atoms. The molecule has 0 radical (unpaired) electrons. The van der Waals surface area contributed by atoms with Crippen LogP contribution in [0.1, 0.15) is 43.2 Å². The molecule has 0 bridgehead atoms. The summed E-state index contributed by atoms with van der Waals surface area (Å²) in [5, 5.41) is 8.26. The van der Waals surface area contributed by atoms with E-state index in [-0.39, 0.29) is 11.6 Å². The third kappa shape index (κ3) is 3.63. The van der Waals surface area contributed by atoms with Gasteiger partial charge in [0.05, 0.1) is 0 Å². The molecule has 0 aliphatic carbocycles. The number of benzene rings is 1. The Labute approximate surface area is 139 Å². The Morgan fingerprint density at radius 2 is 1.70 bits per heavy atom. The summed E-state index contributed by atoms with van der Waals surface area (Å²) in [4.78, 5) is 17.1. The summed E-state index contributed by atoms with van der Waals surface area (Å²) >= 11 is 0. The van der Waals surface area contributed by atoms with Crippen LogP contribution in [0.5, 0.6) is 0 Å². The van der Waals surface area contributed by atoms with Crippen molar-refractivity contribution in [2.24, 2.45) is 0 Å². The molecule has 1 aromatic rings. The van der Waals surface area contributed by atoms with E-state index >= 15 is 0 Å². The van der Waals surface area contributed by atoms with Gasteiger partial charge >= 0.3 is 0 Å². The minimum Gasteiger partial charge on any atom is -0.337 e. The van der Waals surface area contributed by atoms with Crippen LogP contribution in [-0.4, -0.2) is 53.6 Å². The molecule has 2 fully saturated rings. The minimum atomic E-state index is -0.114. The molecule has 2 saturated heterocycles. The van der Waals surface area contributed by atoms with Crippen LogP contribution in [0.2, 0.25) is 0 Å². The molecule has 1 aromatic carbocycles. The van der Waals surface area contributed by atoms with Crippen LogP contribution < -0.4 is 0 Å². The van der Waals surface area contributed by atoms with E-state index in [1.165, 1.54) is 32.4 Å². The number of likely N-dealkylation sites (tertiary alicyclic amines) is 2. The Balaban J connectivity index is 1.58. The predicted octanol–water partition coefficient (Wildman–Crippen LogP) is 2.84. The summed E-state index contributed by atoms with van der Waals surface area (Å²) in [6.07, 6.45) is 6.09. The van der Waals surface area contributed by atoms with Crippen molar-refractivity contribution >= 4 is 11.6 Å². The predicted molar refractivity (Wildman–Crippen MR) is 93.0 cm³/mol. The monoisotopic (exact) mass is 313 g/mol. The molecule has 0 atom stereocenters. The minimum absolute atomic E-state index is 0.114. The van der Waals surface area contributed by atoms with Crippen molar-refractivity contribution in [3.8, 4) is 0 Å². The van der Waals surface area contributed by atoms with Gasteiger partial charge in [-0.3, -0.25) is 10.2 Å². The maximum absolute atomic E-state index is 12.6. The molecule has 2 aliphatic rings. The van der Waals surface area contributed by atoms with Crippen LogP contribution in [0.15, 0.2) is 24.3 Å². The fraction of sp³-hybridized carbons (Fsp3) is 0.579. The van der Waals surface area contributed by atoms with Gasteiger partial charge in [0.15, 0.2) is 0 Å². The Kier molecular flexibility index (Phi) is 5.11. The number of hydrogen-bond donors (Lipinski definition) is 1. The quantitative estimate of drug-likeness (QED) is 0.872. The SMILES string of the molecule is Cc1ccccc1C(=N)C(=O)N1CCC(N2CCCCC2)CC1. The third-order valence-corrected chi connectivity index (χ3v) is 5.29. The first-order chi connectivity index (χ1) is 11.2. The maximum atomic E-state index is 12.6. The topological polar surface area (TPSA) is 47.4 Å². The van der Waals surface area contributed by atoms with Crippen molar-refractivity contribution in [1.29, 1.82) is 5.41 Å². The van der Waals surface area contributed by atoms with Crippen LogP contribution in [-0.2, 0) is 4.79 Å². The van der Waals surface area contributed by atoms with Gasteiger partial charge in [-0.15, -0.1) is 0 Å². The van der Waals surface area contributed by atoms with Gasteiger partial charge in [-0.25, -0.2) is 0 Å². The summed E-state index contributed by atoms with van der Waals surface area (Å²) in [6.45, 7) is 5.97. The molecule has 3 rings (SSSR count). The van der Waals surface area contributed by atoms with E-state index in [0.29, 0.717) is 6.04 Å². The zero-order valence-electron chi connectivity index (χ0n) is 14.1. The highest BCUT2D eigenvalue weighted by Crippen LogP contribution is 2.21. The van der Waals surface area contributed by atoms with Crippen molar-refractivity contribution in [2.75, 3.05) is 26.2 Å². The molecule has 2 heterocycles. The molecule has 0 saturated carbocycles. The van der Waals surface area contributed by atoms with Gasteiger partial charge < -0.3 is 9.80 Å². The number of hydrogen-bond acceptors (Lipinski definition) is 3. The molecule has 0 spiro atoms. The largest absolute Gasteiger partial charge is 0.337 e. The summed E-state index contributed by atoms with van der Waals surface area (Å²) in [7, 11) is 0. The standard InChI is InChI=1S/C19H27N3O/c1-15-7-3-4-8-17(15)18(20)19(23)22-13-9-16(10-14-22)21-11-5-2-6-12-21/h3-4,7-8,16,20H,2,5-6,9-14H2,1H3. The van der Waals surface area contributed by atoms with Gasteiger partial charge in [-0.05, 0) is 51.3 Å². The number of nitrogens with one attached hydrogen (secondary N) is 1. The normalized spacial score (nSPS) is 20.5.